The minimum Gasteiger partial charge on any atom is -0.339 e. The average Bonchev–Trinajstić information content (AvgIpc) is 2.32. The lowest BCUT2D eigenvalue weighted by atomic mass is 10.2. The molecule has 1 aromatic heterocycles. The molecule has 100 valence electrons. The fourth-order valence-corrected chi connectivity index (χ4v) is 2.47. The molecule has 0 amide bonds. The van der Waals surface area contributed by atoms with Crippen molar-refractivity contribution in [2.45, 2.75) is 6.18 Å². The smallest absolute Gasteiger partial charge is 0.339 e. The first-order valence-electron chi connectivity index (χ1n) is 5.11. The van der Waals surface area contributed by atoms with E-state index in [1.807, 2.05) is 0 Å². The van der Waals surface area contributed by atoms with Crippen molar-refractivity contribution in [3.05, 3.63) is 51.0 Å². The minimum absolute atomic E-state index is 0.531. The van der Waals surface area contributed by atoms with Crippen molar-refractivity contribution >= 4 is 43.4 Å². The maximum Gasteiger partial charge on any atom is 0.416 e. The number of nitrogens with zero attached hydrogens (tertiary/aromatic N) is 1. The van der Waals surface area contributed by atoms with Crippen LogP contribution in [-0.2, 0) is 6.18 Å². The molecule has 2 nitrogen and oxygen atoms in total. The quantitative estimate of drug-likeness (QED) is 0.739. The third-order valence-corrected chi connectivity index (χ3v) is 3.32. The number of anilines is 2. The number of pyridine rings is 1. The second-order valence-corrected chi connectivity index (χ2v) is 5.45. The van der Waals surface area contributed by atoms with Crippen molar-refractivity contribution in [1.29, 1.82) is 0 Å². The van der Waals surface area contributed by atoms with Gasteiger partial charge < -0.3 is 5.32 Å². The third kappa shape index (κ3) is 3.70. The van der Waals surface area contributed by atoms with Gasteiger partial charge >= 0.3 is 6.18 Å². The summed E-state index contributed by atoms with van der Waals surface area (Å²) in [6, 6.07) is 6.56. The normalized spacial score (nSPS) is 11.4. The van der Waals surface area contributed by atoms with Gasteiger partial charge in [0.15, 0.2) is 0 Å². The molecule has 19 heavy (non-hydrogen) atoms. The molecule has 0 spiro atoms. The Labute approximate surface area is 124 Å². The van der Waals surface area contributed by atoms with Gasteiger partial charge in [0.2, 0.25) is 0 Å². The molecule has 1 aromatic carbocycles. The zero-order valence-electron chi connectivity index (χ0n) is 9.30. The van der Waals surface area contributed by atoms with Crippen LogP contribution in [-0.4, -0.2) is 4.98 Å². The van der Waals surface area contributed by atoms with Crippen LogP contribution in [0.25, 0.3) is 0 Å². The summed E-state index contributed by atoms with van der Waals surface area (Å²) in [4.78, 5) is 4.12. The molecule has 1 heterocycles. The maximum absolute atomic E-state index is 12.4. The van der Waals surface area contributed by atoms with Crippen LogP contribution in [0.4, 0.5) is 24.7 Å². The van der Waals surface area contributed by atoms with Crippen LogP contribution in [0.3, 0.4) is 0 Å². The maximum atomic E-state index is 12.4. The second-order valence-electron chi connectivity index (χ2n) is 3.68. The number of alkyl halides is 3. The van der Waals surface area contributed by atoms with E-state index in [0.717, 1.165) is 16.6 Å². The Balaban J connectivity index is 2.20. The highest BCUT2D eigenvalue weighted by molar-refractivity contribution is 9.11. The first-order chi connectivity index (χ1) is 8.86. The topological polar surface area (TPSA) is 24.9 Å². The van der Waals surface area contributed by atoms with Gasteiger partial charge in [-0.05, 0) is 62.2 Å². The molecule has 2 aromatic rings. The van der Waals surface area contributed by atoms with Crippen molar-refractivity contribution in [2.24, 2.45) is 0 Å². The average molecular weight is 396 g/mol. The lowest BCUT2D eigenvalue weighted by Crippen LogP contribution is -2.04. The van der Waals surface area contributed by atoms with E-state index in [9.17, 15) is 13.2 Å². The Bertz CT molecular complexity index is 583. The number of aromatic nitrogens is 1. The molecule has 0 aliphatic heterocycles. The molecule has 1 N–H and O–H groups in total. The summed E-state index contributed by atoms with van der Waals surface area (Å²) in [6.45, 7) is 0. The highest BCUT2D eigenvalue weighted by atomic mass is 79.9. The molecule has 0 aliphatic carbocycles. The van der Waals surface area contributed by atoms with E-state index in [1.54, 1.807) is 12.3 Å². The Kier molecular flexibility index (Phi) is 4.15. The van der Waals surface area contributed by atoms with Gasteiger partial charge in [-0.25, -0.2) is 4.98 Å². The number of halogens is 5. The van der Waals surface area contributed by atoms with Gasteiger partial charge in [0, 0.05) is 16.4 Å². The first kappa shape index (κ1) is 14.3. The summed E-state index contributed by atoms with van der Waals surface area (Å²) in [6.07, 6.45) is -2.73. The summed E-state index contributed by atoms with van der Waals surface area (Å²) < 4.78 is 38.7. The van der Waals surface area contributed by atoms with Crippen LogP contribution in [0.5, 0.6) is 0 Å². The molecule has 2 rings (SSSR count). The molecule has 0 atom stereocenters. The van der Waals surface area contributed by atoms with Gasteiger partial charge in [-0.3, -0.25) is 0 Å². The van der Waals surface area contributed by atoms with Crippen LogP contribution < -0.4 is 5.32 Å². The monoisotopic (exact) mass is 394 g/mol. The Hall–Kier alpha value is -1.08. The lowest BCUT2D eigenvalue weighted by molar-refractivity contribution is -0.137. The summed E-state index contributed by atoms with van der Waals surface area (Å²) in [5, 5.41) is 2.93. The van der Waals surface area contributed by atoms with Crippen LogP contribution in [0.1, 0.15) is 5.56 Å². The van der Waals surface area contributed by atoms with E-state index in [0.29, 0.717) is 16.0 Å². The van der Waals surface area contributed by atoms with Crippen LogP contribution >= 0.6 is 31.9 Å². The van der Waals surface area contributed by atoms with Crippen molar-refractivity contribution in [1.82, 2.24) is 4.98 Å². The van der Waals surface area contributed by atoms with Crippen LogP contribution in [0, 0.1) is 0 Å². The predicted molar refractivity (Wildman–Crippen MR) is 74.4 cm³/mol. The van der Waals surface area contributed by atoms with E-state index < -0.39 is 11.7 Å². The number of rotatable bonds is 2. The molecule has 0 fully saturated rings. The molecule has 0 saturated carbocycles. The molecule has 7 heteroatoms. The van der Waals surface area contributed by atoms with Crippen molar-refractivity contribution in [3.8, 4) is 0 Å². The van der Waals surface area contributed by atoms with E-state index in [4.69, 9.17) is 0 Å². The molecule has 0 unspecified atom stereocenters. The van der Waals surface area contributed by atoms with Crippen molar-refractivity contribution < 1.29 is 13.2 Å². The zero-order valence-corrected chi connectivity index (χ0v) is 12.5. The first-order valence-corrected chi connectivity index (χ1v) is 6.70. The summed E-state index contributed by atoms with van der Waals surface area (Å²) in [5.41, 5.74) is -0.149. The van der Waals surface area contributed by atoms with E-state index in [2.05, 4.69) is 42.2 Å². The van der Waals surface area contributed by atoms with Crippen molar-refractivity contribution in [3.63, 3.8) is 0 Å². The zero-order chi connectivity index (χ0) is 14.0. The molecular weight excluding hydrogens is 389 g/mol. The Morgan fingerprint density at radius 1 is 1.05 bits per heavy atom. The number of hydrogen-bond acceptors (Lipinski definition) is 2. The van der Waals surface area contributed by atoms with Gasteiger partial charge in [0.05, 0.1) is 10.0 Å². The van der Waals surface area contributed by atoms with Gasteiger partial charge in [-0.2, -0.15) is 13.2 Å². The fraction of sp³-hybridized carbons (Fsp3) is 0.0833. The molecule has 0 bridgehead atoms. The fourth-order valence-electron chi connectivity index (χ4n) is 1.39. The molecule has 0 radical (unpaired) electrons. The van der Waals surface area contributed by atoms with Crippen molar-refractivity contribution in [2.75, 3.05) is 5.32 Å². The lowest BCUT2D eigenvalue weighted by Gasteiger charge is -2.10. The predicted octanol–water partition coefficient (Wildman–Crippen LogP) is 5.37. The number of hydrogen-bond donors (Lipinski definition) is 1. The number of nitrogens with one attached hydrogen (secondary N) is 1. The Morgan fingerprint density at radius 2 is 1.68 bits per heavy atom. The molecule has 0 aliphatic rings. The number of benzene rings is 1. The van der Waals surface area contributed by atoms with Gasteiger partial charge in [-0.1, -0.05) is 0 Å². The highest BCUT2D eigenvalue weighted by Crippen LogP contribution is 2.31. The molecular formula is C12H7Br2F3N2. The Morgan fingerprint density at radius 3 is 2.21 bits per heavy atom. The van der Waals surface area contributed by atoms with Gasteiger partial charge in [0.1, 0.15) is 5.82 Å². The van der Waals surface area contributed by atoms with Crippen LogP contribution in [0.15, 0.2) is 45.5 Å². The highest BCUT2D eigenvalue weighted by Gasteiger charge is 2.29. The summed E-state index contributed by atoms with van der Waals surface area (Å²) >= 11 is 6.58. The van der Waals surface area contributed by atoms with Gasteiger partial charge in [-0.15, -0.1) is 0 Å². The SMILES string of the molecule is FC(F)(F)c1ccc(Nc2ncc(Br)cc2Br)cc1. The van der Waals surface area contributed by atoms with Gasteiger partial charge in [0.25, 0.3) is 0 Å². The second kappa shape index (κ2) is 5.50. The largest absolute Gasteiger partial charge is 0.416 e. The van der Waals surface area contributed by atoms with E-state index >= 15 is 0 Å². The minimum atomic E-state index is -4.32. The van der Waals surface area contributed by atoms with E-state index in [-0.39, 0.29) is 0 Å². The molecule has 0 saturated heterocycles. The third-order valence-electron chi connectivity index (χ3n) is 2.28. The summed E-state index contributed by atoms with van der Waals surface area (Å²) in [5.74, 6) is 0.531. The summed E-state index contributed by atoms with van der Waals surface area (Å²) in [7, 11) is 0. The van der Waals surface area contributed by atoms with E-state index in [1.165, 1.54) is 12.1 Å². The van der Waals surface area contributed by atoms with Crippen LogP contribution in [0.2, 0.25) is 0 Å². The standard InChI is InChI=1S/C12H7Br2F3N2/c13-8-5-10(14)11(18-6-8)19-9-3-1-7(2-4-9)12(15,16)17/h1-6H,(H,18,19).